The molecule has 0 spiro atoms. The van der Waals surface area contributed by atoms with Gasteiger partial charge in [-0.2, -0.15) is 0 Å². The molecule has 3 amide bonds. The molecule has 260 valence electrons. The minimum absolute atomic E-state index is 0.108. The number of ether oxygens (including phenoxy) is 1. The van der Waals surface area contributed by atoms with E-state index in [2.05, 4.69) is 31.2 Å². The zero-order chi connectivity index (χ0) is 35.3. The van der Waals surface area contributed by atoms with E-state index < -0.39 is 59.3 Å². The van der Waals surface area contributed by atoms with Crippen LogP contribution in [0.25, 0.3) is 0 Å². The highest BCUT2D eigenvalue weighted by Gasteiger charge is 2.35. The van der Waals surface area contributed by atoms with E-state index in [1.165, 1.54) is 18.4 Å². The van der Waals surface area contributed by atoms with Crippen LogP contribution in [0.15, 0.2) is 46.9 Å². The number of esters is 1. The number of rotatable bonds is 16. The van der Waals surface area contributed by atoms with Crippen LogP contribution in [0.2, 0.25) is 0 Å². The molecule has 0 unspecified atom stereocenters. The standard InChI is InChI=1S/C33H51N7O6S/c1-19(2)25(34)30(44)40-27(33(5,6)7)28(35-14-16-41)37-21(4)29(43)39-26(20(3)22-12-10-9-11-13-22)31(45)38-23(18-24(42)46-8)32-36-15-17-47-32/h9-13,15,17,19-21,23,25-27,41H,14,16,18,34H2,1-8H3,(H,35,37)(H,38,45)(H,39,43)(H,40,44)/t20-,21-,23+,25-,26-,27+/m0/s1. The molecule has 2 rings (SSSR count). The van der Waals surface area contributed by atoms with Gasteiger partial charge in [-0.25, -0.2) is 4.98 Å². The van der Waals surface area contributed by atoms with Gasteiger partial charge in [0.05, 0.1) is 38.3 Å². The summed E-state index contributed by atoms with van der Waals surface area (Å²) in [6.07, 6.45) is 1.44. The Labute approximate surface area is 281 Å². The van der Waals surface area contributed by atoms with Gasteiger partial charge in [-0.1, -0.05) is 71.9 Å². The van der Waals surface area contributed by atoms with Gasteiger partial charge in [-0.15, -0.1) is 11.3 Å². The molecule has 1 aromatic carbocycles. The van der Waals surface area contributed by atoms with E-state index in [1.807, 2.05) is 71.9 Å². The third kappa shape index (κ3) is 12.0. The summed E-state index contributed by atoms with van der Waals surface area (Å²) < 4.78 is 4.84. The Morgan fingerprint density at radius 2 is 1.66 bits per heavy atom. The van der Waals surface area contributed by atoms with Gasteiger partial charge in [-0.05, 0) is 23.8 Å². The van der Waals surface area contributed by atoms with Gasteiger partial charge in [0.1, 0.15) is 22.9 Å². The molecule has 0 saturated heterocycles. The Kier molecular flexibility index (Phi) is 15.4. The van der Waals surface area contributed by atoms with E-state index in [9.17, 15) is 24.3 Å². The largest absolute Gasteiger partial charge is 0.469 e. The maximum atomic E-state index is 13.9. The number of hydrogen-bond acceptors (Lipinski definition) is 10. The first-order valence-corrected chi connectivity index (χ1v) is 16.6. The lowest BCUT2D eigenvalue weighted by molar-refractivity contribution is -0.141. The summed E-state index contributed by atoms with van der Waals surface area (Å²) >= 11 is 1.28. The van der Waals surface area contributed by atoms with Crippen molar-refractivity contribution in [3.05, 3.63) is 52.5 Å². The number of carbonyl (C=O) groups excluding carboxylic acids is 4. The number of amides is 3. The summed E-state index contributed by atoms with van der Waals surface area (Å²) in [6, 6.07) is 4.99. The van der Waals surface area contributed by atoms with E-state index in [0.29, 0.717) is 5.01 Å². The number of nitrogens with two attached hydrogens (primary N) is 1. The molecule has 1 heterocycles. The Bertz CT molecular complexity index is 1330. The Hall–Kier alpha value is -3.88. The molecule has 0 aliphatic heterocycles. The molecular formula is C33H51N7O6S. The van der Waals surface area contributed by atoms with Crippen LogP contribution in [-0.4, -0.2) is 84.0 Å². The van der Waals surface area contributed by atoms with Crippen molar-refractivity contribution < 1.29 is 29.0 Å². The van der Waals surface area contributed by atoms with Crippen molar-refractivity contribution in [2.45, 2.75) is 91.0 Å². The number of nitrogens with one attached hydrogen (secondary N) is 4. The lowest BCUT2D eigenvalue weighted by atomic mass is 9.85. The topological polar surface area (TPSA) is 197 Å². The molecular weight excluding hydrogens is 622 g/mol. The highest BCUT2D eigenvalue weighted by molar-refractivity contribution is 7.09. The Morgan fingerprint density at radius 3 is 2.19 bits per heavy atom. The van der Waals surface area contributed by atoms with Gasteiger partial charge >= 0.3 is 5.97 Å². The average molecular weight is 674 g/mol. The minimum atomic E-state index is -1.06. The van der Waals surface area contributed by atoms with Gasteiger partial charge in [0, 0.05) is 24.0 Å². The SMILES string of the molecule is COC(=O)C[C@@H](NC(=O)[C@@H](NC(=O)[C@H](C)/N=C(\NCCO)[C@@H](NC(=O)[C@@H](N)C(C)C)C(C)(C)C)[C@@H](C)c1ccccc1)c1nccs1. The molecule has 2 aromatic rings. The first kappa shape index (κ1) is 39.3. The van der Waals surface area contributed by atoms with Crippen molar-refractivity contribution in [2.75, 3.05) is 20.3 Å². The van der Waals surface area contributed by atoms with Crippen LogP contribution in [0.1, 0.15) is 77.4 Å². The lowest BCUT2D eigenvalue weighted by Gasteiger charge is -2.34. The number of aliphatic hydroxyl groups excluding tert-OH is 1. The number of benzene rings is 1. The van der Waals surface area contributed by atoms with Crippen LogP contribution in [0, 0.1) is 11.3 Å². The second-order valence-corrected chi connectivity index (χ2v) is 13.7. The highest BCUT2D eigenvalue weighted by atomic mass is 32.1. The van der Waals surface area contributed by atoms with Crippen LogP contribution in [-0.2, 0) is 23.9 Å². The van der Waals surface area contributed by atoms with Crippen molar-refractivity contribution in [2.24, 2.45) is 22.1 Å². The predicted octanol–water partition coefficient (Wildman–Crippen LogP) is 2.04. The van der Waals surface area contributed by atoms with Crippen molar-refractivity contribution in [1.82, 2.24) is 26.3 Å². The fraction of sp³-hybridized carbons (Fsp3) is 0.576. The maximum Gasteiger partial charge on any atom is 0.308 e. The molecule has 6 atom stereocenters. The van der Waals surface area contributed by atoms with Gasteiger partial charge in [0.15, 0.2) is 0 Å². The van der Waals surface area contributed by atoms with Crippen LogP contribution in [0.5, 0.6) is 0 Å². The van der Waals surface area contributed by atoms with Crippen molar-refractivity contribution in [3.63, 3.8) is 0 Å². The van der Waals surface area contributed by atoms with Gasteiger partial charge in [-0.3, -0.25) is 24.2 Å². The number of aliphatic imine (C=N–C) groups is 1. The molecule has 0 fully saturated rings. The van der Waals surface area contributed by atoms with E-state index in [4.69, 9.17) is 10.5 Å². The van der Waals surface area contributed by atoms with Gasteiger partial charge < -0.3 is 36.8 Å². The summed E-state index contributed by atoms with van der Waals surface area (Å²) in [5.41, 5.74) is 6.37. The summed E-state index contributed by atoms with van der Waals surface area (Å²) in [5.74, 6) is -2.25. The quantitative estimate of drug-likeness (QED) is 0.0878. The van der Waals surface area contributed by atoms with Crippen molar-refractivity contribution >= 4 is 40.9 Å². The van der Waals surface area contributed by atoms with Gasteiger partial charge in [0.2, 0.25) is 17.7 Å². The molecule has 13 nitrogen and oxygen atoms in total. The zero-order valence-corrected chi connectivity index (χ0v) is 29.4. The fourth-order valence-electron chi connectivity index (χ4n) is 4.67. The first-order valence-electron chi connectivity index (χ1n) is 15.7. The number of amidine groups is 1. The van der Waals surface area contributed by atoms with Crippen LogP contribution < -0.4 is 27.0 Å². The fourth-order valence-corrected chi connectivity index (χ4v) is 5.36. The minimum Gasteiger partial charge on any atom is -0.469 e. The van der Waals surface area contributed by atoms with Crippen LogP contribution in [0.3, 0.4) is 0 Å². The number of nitrogens with zero attached hydrogens (tertiary/aromatic N) is 2. The summed E-state index contributed by atoms with van der Waals surface area (Å²) in [6.45, 7) is 12.7. The van der Waals surface area contributed by atoms with Crippen LogP contribution >= 0.6 is 11.3 Å². The smallest absolute Gasteiger partial charge is 0.308 e. The van der Waals surface area contributed by atoms with E-state index in [-0.39, 0.29) is 37.2 Å². The molecule has 0 aliphatic carbocycles. The number of thiazole rings is 1. The Morgan fingerprint density at radius 1 is 1.00 bits per heavy atom. The molecule has 7 N–H and O–H groups in total. The molecule has 0 bridgehead atoms. The predicted molar refractivity (Wildman–Crippen MR) is 183 cm³/mol. The summed E-state index contributed by atoms with van der Waals surface area (Å²) in [4.78, 5) is 61.8. The monoisotopic (exact) mass is 673 g/mol. The molecule has 0 saturated carbocycles. The first-order chi connectivity index (χ1) is 22.1. The summed E-state index contributed by atoms with van der Waals surface area (Å²) in [7, 11) is 1.27. The second-order valence-electron chi connectivity index (χ2n) is 12.8. The maximum absolute atomic E-state index is 13.9. The Balaban J connectivity index is 2.44. The number of aliphatic hydroxyl groups is 1. The molecule has 47 heavy (non-hydrogen) atoms. The molecule has 0 radical (unpaired) electrons. The number of hydrogen-bond donors (Lipinski definition) is 6. The molecule has 14 heteroatoms. The normalized spacial score (nSPS) is 15.9. The number of methoxy groups -OCH3 is 1. The molecule has 0 aliphatic rings. The van der Waals surface area contributed by atoms with E-state index >= 15 is 0 Å². The average Bonchev–Trinajstić information content (AvgIpc) is 3.58. The highest BCUT2D eigenvalue weighted by Crippen LogP contribution is 2.24. The summed E-state index contributed by atoms with van der Waals surface area (Å²) in [5, 5.41) is 23.6. The van der Waals surface area contributed by atoms with Crippen molar-refractivity contribution in [1.29, 1.82) is 0 Å². The second kappa shape index (κ2) is 18.5. The molecule has 1 aromatic heterocycles. The lowest BCUT2D eigenvalue weighted by Crippen LogP contribution is -2.58. The van der Waals surface area contributed by atoms with E-state index in [1.54, 1.807) is 18.5 Å². The van der Waals surface area contributed by atoms with Gasteiger partial charge in [0.25, 0.3) is 0 Å². The third-order valence-electron chi connectivity index (χ3n) is 7.65. The third-order valence-corrected chi connectivity index (χ3v) is 8.54. The number of carbonyl (C=O) groups is 4. The zero-order valence-electron chi connectivity index (χ0n) is 28.6. The number of aromatic nitrogens is 1. The van der Waals surface area contributed by atoms with Crippen molar-refractivity contribution in [3.8, 4) is 0 Å². The van der Waals surface area contributed by atoms with E-state index in [0.717, 1.165) is 5.56 Å². The van der Waals surface area contributed by atoms with Crippen LogP contribution in [0.4, 0.5) is 0 Å².